The summed E-state index contributed by atoms with van der Waals surface area (Å²) >= 11 is 0. The van der Waals surface area contributed by atoms with Gasteiger partial charge in [-0.3, -0.25) is 4.79 Å². The Balaban J connectivity index is 1.66. The van der Waals surface area contributed by atoms with Gasteiger partial charge in [0.05, 0.1) is 24.8 Å². The van der Waals surface area contributed by atoms with E-state index in [1.807, 2.05) is 0 Å². The van der Waals surface area contributed by atoms with Gasteiger partial charge < -0.3 is 19.6 Å². The summed E-state index contributed by atoms with van der Waals surface area (Å²) in [6.07, 6.45) is 4.48. The molecule has 7 heteroatoms. The van der Waals surface area contributed by atoms with Crippen LogP contribution >= 0.6 is 0 Å². The van der Waals surface area contributed by atoms with Crippen molar-refractivity contribution in [3.05, 3.63) is 11.3 Å². The maximum Gasteiger partial charge on any atom is 0.306 e. The predicted molar refractivity (Wildman–Crippen MR) is 103 cm³/mol. The van der Waals surface area contributed by atoms with Crippen molar-refractivity contribution in [1.82, 2.24) is 9.97 Å². The first-order valence-corrected chi connectivity index (χ1v) is 10.1. The van der Waals surface area contributed by atoms with E-state index in [1.54, 1.807) is 0 Å². The van der Waals surface area contributed by atoms with E-state index < -0.39 is 5.97 Å². The lowest BCUT2D eigenvalue weighted by Crippen LogP contribution is -2.40. The van der Waals surface area contributed by atoms with E-state index in [4.69, 9.17) is 14.7 Å². The first-order chi connectivity index (χ1) is 12.9. The van der Waals surface area contributed by atoms with Gasteiger partial charge in [-0.2, -0.15) is 4.98 Å². The van der Waals surface area contributed by atoms with Gasteiger partial charge in [0.25, 0.3) is 0 Å². The molecule has 3 aliphatic rings. The van der Waals surface area contributed by atoms with Gasteiger partial charge in [0, 0.05) is 31.7 Å². The third-order valence-electron chi connectivity index (χ3n) is 6.19. The molecule has 0 amide bonds. The third-order valence-corrected chi connectivity index (χ3v) is 6.19. The molecule has 1 aromatic heterocycles. The number of rotatable bonds is 3. The average molecular weight is 374 g/mol. The summed E-state index contributed by atoms with van der Waals surface area (Å²) in [7, 11) is 0. The number of nitrogens with zero attached hydrogens (tertiary/aromatic N) is 4. The number of carboxylic acid groups (broad SMARTS) is 1. The minimum atomic E-state index is -0.671. The Labute approximate surface area is 160 Å². The fourth-order valence-corrected chi connectivity index (χ4v) is 4.42. The van der Waals surface area contributed by atoms with Crippen molar-refractivity contribution in [3.8, 4) is 0 Å². The Hall–Kier alpha value is -1.89. The van der Waals surface area contributed by atoms with Crippen LogP contribution in [0.5, 0.6) is 0 Å². The lowest BCUT2D eigenvalue weighted by Gasteiger charge is -2.37. The van der Waals surface area contributed by atoms with Gasteiger partial charge in [0.2, 0.25) is 5.95 Å². The van der Waals surface area contributed by atoms with Crippen molar-refractivity contribution in [2.75, 3.05) is 49.2 Å². The second-order valence-electron chi connectivity index (χ2n) is 8.81. The predicted octanol–water partition coefficient (Wildman–Crippen LogP) is 2.13. The zero-order valence-corrected chi connectivity index (χ0v) is 16.4. The van der Waals surface area contributed by atoms with Crippen molar-refractivity contribution in [3.63, 3.8) is 0 Å². The van der Waals surface area contributed by atoms with Crippen molar-refractivity contribution in [1.29, 1.82) is 0 Å². The first kappa shape index (κ1) is 18.5. The molecule has 0 atom stereocenters. The molecule has 0 unspecified atom stereocenters. The lowest BCUT2D eigenvalue weighted by molar-refractivity contribution is -0.142. The highest BCUT2D eigenvalue weighted by molar-refractivity contribution is 5.70. The van der Waals surface area contributed by atoms with Gasteiger partial charge >= 0.3 is 5.97 Å². The molecule has 3 heterocycles. The number of hydrogen-bond acceptors (Lipinski definition) is 6. The number of carboxylic acids is 1. The Morgan fingerprint density at radius 2 is 1.81 bits per heavy atom. The standard InChI is InChI=1S/C20H30N4O3/c1-20(2)6-3-15-16(13-20)21-19(24-9-11-27-12-10-24)22-17(15)23-7-4-14(5-8-23)18(25)26/h14H,3-13H2,1-2H3,(H,25,26). The summed E-state index contributed by atoms with van der Waals surface area (Å²) in [5.41, 5.74) is 2.72. The normalized spacial score (nSPS) is 23.2. The number of fused-ring (bicyclic) bond motifs is 1. The average Bonchev–Trinajstić information content (AvgIpc) is 2.67. The van der Waals surface area contributed by atoms with E-state index in [0.29, 0.717) is 26.1 Å². The van der Waals surface area contributed by atoms with Crippen LogP contribution in [-0.2, 0) is 22.4 Å². The fraction of sp³-hybridized carbons (Fsp3) is 0.750. The van der Waals surface area contributed by atoms with Crippen LogP contribution in [0.1, 0.15) is 44.4 Å². The minimum absolute atomic E-state index is 0.225. The maximum atomic E-state index is 11.3. The van der Waals surface area contributed by atoms with Gasteiger partial charge in [0.15, 0.2) is 0 Å². The molecule has 2 aliphatic heterocycles. The second-order valence-corrected chi connectivity index (χ2v) is 8.81. The summed E-state index contributed by atoms with van der Waals surface area (Å²) in [6, 6.07) is 0. The SMILES string of the molecule is CC1(C)CCc2c(nc(N3CCOCC3)nc2N2CCC(C(=O)O)CC2)C1. The van der Waals surface area contributed by atoms with Crippen LogP contribution < -0.4 is 9.80 Å². The van der Waals surface area contributed by atoms with Gasteiger partial charge in [-0.25, -0.2) is 4.98 Å². The smallest absolute Gasteiger partial charge is 0.306 e. The number of carbonyl (C=O) groups is 1. The van der Waals surface area contributed by atoms with Gasteiger partial charge in [-0.05, 0) is 37.5 Å². The number of ether oxygens (including phenoxy) is 1. The highest BCUT2D eigenvalue weighted by atomic mass is 16.5. The molecule has 1 aliphatic carbocycles. The van der Waals surface area contributed by atoms with Crippen LogP contribution in [0, 0.1) is 11.3 Å². The van der Waals surface area contributed by atoms with Crippen molar-refractivity contribution >= 4 is 17.7 Å². The van der Waals surface area contributed by atoms with E-state index in [-0.39, 0.29) is 11.3 Å². The zero-order chi connectivity index (χ0) is 19.0. The number of hydrogen-bond donors (Lipinski definition) is 1. The highest BCUT2D eigenvalue weighted by Crippen LogP contribution is 2.39. The molecule has 27 heavy (non-hydrogen) atoms. The molecule has 1 N–H and O–H groups in total. The van der Waals surface area contributed by atoms with E-state index in [1.165, 1.54) is 11.3 Å². The molecule has 0 aromatic carbocycles. The highest BCUT2D eigenvalue weighted by Gasteiger charge is 2.33. The quantitative estimate of drug-likeness (QED) is 0.868. The molecule has 148 valence electrons. The molecule has 0 radical (unpaired) electrons. The van der Waals surface area contributed by atoms with Gasteiger partial charge in [0.1, 0.15) is 5.82 Å². The molecule has 0 saturated carbocycles. The molecule has 0 spiro atoms. The van der Waals surface area contributed by atoms with Crippen molar-refractivity contribution in [2.24, 2.45) is 11.3 Å². The lowest BCUT2D eigenvalue weighted by atomic mass is 9.76. The number of aromatic nitrogens is 2. The Morgan fingerprint density at radius 1 is 1.11 bits per heavy atom. The zero-order valence-electron chi connectivity index (χ0n) is 16.4. The van der Waals surface area contributed by atoms with E-state index >= 15 is 0 Å². The third kappa shape index (κ3) is 3.88. The largest absolute Gasteiger partial charge is 0.481 e. The molecule has 1 aromatic rings. The summed E-state index contributed by atoms with van der Waals surface area (Å²) < 4.78 is 5.48. The summed E-state index contributed by atoms with van der Waals surface area (Å²) in [6.45, 7) is 9.20. The number of morpholine rings is 1. The van der Waals surface area contributed by atoms with Gasteiger partial charge in [-0.15, -0.1) is 0 Å². The maximum absolute atomic E-state index is 11.3. The topological polar surface area (TPSA) is 78.8 Å². The van der Waals surface area contributed by atoms with Crippen LogP contribution in [0.15, 0.2) is 0 Å². The monoisotopic (exact) mass is 374 g/mol. The van der Waals surface area contributed by atoms with E-state index in [9.17, 15) is 9.90 Å². The van der Waals surface area contributed by atoms with E-state index in [0.717, 1.165) is 57.2 Å². The van der Waals surface area contributed by atoms with Crippen LogP contribution in [0.25, 0.3) is 0 Å². The van der Waals surface area contributed by atoms with Crippen LogP contribution in [0.4, 0.5) is 11.8 Å². The molecular formula is C20H30N4O3. The fourth-order valence-electron chi connectivity index (χ4n) is 4.42. The second kappa shape index (κ2) is 7.26. The van der Waals surface area contributed by atoms with Crippen LogP contribution in [0.3, 0.4) is 0 Å². The molecule has 7 nitrogen and oxygen atoms in total. The summed E-state index contributed by atoms with van der Waals surface area (Å²) in [5.74, 6) is 0.956. The Kier molecular flexibility index (Phi) is 4.97. The molecule has 4 rings (SSSR count). The van der Waals surface area contributed by atoms with Gasteiger partial charge in [-0.1, -0.05) is 13.8 Å². The van der Waals surface area contributed by atoms with Crippen LogP contribution in [0.2, 0.25) is 0 Å². The van der Waals surface area contributed by atoms with E-state index in [2.05, 4.69) is 23.6 Å². The van der Waals surface area contributed by atoms with Crippen molar-refractivity contribution < 1.29 is 14.6 Å². The molecule has 0 bridgehead atoms. The number of piperidine rings is 1. The summed E-state index contributed by atoms with van der Waals surface area (Å²) in [5, 5.41) is 9.30. The molecule has 2 fully saturated rings. The van der Waals surface area contributed by atoms with Crippen molar-refractivity contribution in [2.45, 2.75) is 46.0 Å². The Bertz CT molecular complexity index is 707. The Morgan fingerprint density at radius 3 is 2.48 bits per heavy atom. The minimum Gasteiger partial charge on any atom is -0.481 e. The number of aliphatic carboxylic acids is 1. The molecular weight excluding hydrogens is 344 g/mol. The summed E-state index contributed by atoms with van der Waals surface area (Å²) in [4.78, 5) is 25.8. The van der Waals surface area contributed by atoms with Crippen LogP contribution in [-0.4, -0.2) is 60.4 Å². The first-order valence-electron chi connectivity index (χ1n) is 10.1. The number of anilines is 2. The molecule has 2 saturated heterocycles.